The Morgan fingerprint density at radius 2 is 1.61 bits per heavy atom. The van der Waals surface area contributed by atoms with Gasteiger partial charge in [-0.05, 0) is 65.6 Å². The number of allylic oxidation sites excluding steroid dienone is 4. The van der Waals surface area contributed by atoms with Gasteiger partial charge >= 0.3 is 6.36 Å². The summed E-state index contributed by atoms with van der Waals surface area (Å²) in [4.78, 5) is 60.3. The van der Waals surface area contributed by atoms with Crippen molar-refractivity contribution in [3.8, 4) is 11.5 Å². The number of Topliss-reactive ketones (excluding diaryl/α,β-unsaturated/α-hetero) is 1. The number of hydrogen-bond acceptors (Lipinski definition) is 7. The molecule has 4 aliphatic rings. The van der Waals surface area contributed by atoms with E-state index >= 15 is 4.79 Å². The lowest BCUT2D eigenvalue weighted by molar-refractivity contribution is -0.274. The number of phenols is 1. The summed E-state index contributed by atoms with van der Waals surface area (Å²) in [6, 6.07) is 24.1. The number of likely N-dealkylation sites (tertiary alicyclic amines) is 1. The summed E-state index contributed by atoms with van der Waals surface area (Å²) < 4.78 is 44.9. The van der Waals surface area contributed by atoms with Crippen molar-refractivity contribution >= 4 is 40.3 Å². The number of carbonyl (C=O) groups excluding carboxylic acids is 4. The second-order valence-electron chi connectivity index (χ2n) is 13.4. The molecule has 1 saturated carbocycles. The van der Waals surface area contributed by atoms with Gasteiger partial charge in [-0.3, -0.25) is 24.1 Å². The van der Waals surface area contributed by atoms with E-state index in [0.717, 1.165) is 23.1 Å². The number of fused-ring (bicyclic) bond motifs is 4. The Morgan fingerprint density at radius 3 is 2.29 bits per heavy atom. The minimum atomic E-state index is -5.05. The minimum Gasteiger partial charge on any atom is -0.508 e. The molecular formula is C40H30F3NO6S. The molecule has 0 bridgehead atoms. The molecule has 1 aromatic heterocycles. The van der Waals surface area contributed by atoms with Crippen LogP contribution in [-0.2, 0) is 31.1 Å². The highest BCUT2D eigenvalue weighted by Gasteiger charge is 2.66. The van der Waals surface area contributed by atoms with Gasteiger partial charge in [-0.2, -0.15) is 0 Å². The zero-order valence-electron chi connectivity index (χ0n) is 26.9. The van der Waals surface area contributed by atoms with Crippen molar-refractivity contribution in [1.82, 2.24) is 4.90 Å². The van der Waals surface area contributed by atoms with Crippen LogP contribution in [0.3, 0.4) is 0 Å². The molecule has 0 spiro atoms. The van der Waals surface area contributed by atoms with Crippen LogP contribution in [0.4, 0.5) is 13.2 Å². The number of amides is 2. The molecule has 1 saturated heterocycles. The highest BCUT2D eigenvalue weighted by Crippen LogP contribution is 2.64. The molecule has 3 aromatic carbocycles. The van der Waals surface area contributed by atoms with Gasteiger partial charge in [0.25, 0.3) is 0 Å². The van der Waals surface area contributed by atoms with Crippen LogP contribution in [0.2, 0.25) is 0 Å². The molecule has 11 heteroatoms. The number of phenolic OH excluding ortho intramolecular Hbond substituents is 1. The summed E-state index contributed by atoms with van der Waals surface area (Å²) in [6.07, 6.45) is -1.78. The summed E-state index contributed by atoms with van der Waals surface area (Å²) in [5.41, 5.74) is -0.102. The SMILES string of the molecule is O=C1C(c2ccccc2)=CC(=O)C2(c3ccccc3)C1CC1C(=CCC3C(=O)N(Cc4cccs4)C(=O)C31)C2c1cc(OC(F)(F)F)ccc1O. The second kappa shape index (κ2) is 12.2. The third kappa shape index (κ3) is 5.24. The second-order valence-corrected chi connectivity index (χ2v) is 14.4. The number of nitrogens with zero attached hydrogens (tertiary/aromatic N) is 1. The summed E-state index contributed by atoms with van der Waals surface area (Å²) in [5.74, 6) is -7.21. The molecule has 2 heterocycles. The average molecular weight is 710 g/mol. The van der Waals surface area contributed by atoms with E-state index in [1.165, 1.54) is 22.3 Å². The Kier molecular flexibility index (Phi) is 7.86. The fourth-order valence-corrected chi connectivity index (χ4v) is 9.65. The summed E-state index contributed by atoms with van der Waals surface area (Å²) in [7, 11) is 0. The predicted octanol–water partition coefficient (Wildman–Crippen LogP) is 7.38. The van der Waals surface area contributed by atoms with Gasteiger partial charge < -0.3 is 9.84 Å². The van der Waals surface area contributed by atoms with Crippen LogP contribution >= 0.6 is 11.3 Å². The van der Waals surface area contributed by atoms with E-state index in [-0.39, 0.29) is 42.2 Å². The molecule has 6 atom stereocenters. The van der Waals surface area contributed by atoms with Gasteiger partial charge in [0.1, 0.15) is 11.5 Å². The number of thiophene rings is 1. The number of benzene rings is 3. The molecule has 0 radical (unpaired) electrons. The number of hydrogen-bond donors (Lipinski definition) is 1. The summed E-state index contributed by atoms with van der Waals surface area (Å²) >= 11 is 1.42. The van der Waals surface area contributed by atoms with Crippen LogP contribution in [-0.4, -0.2) is 39.7 Å². The van der Waals surface area contributed by atoms with Crippen LogP contribution in [0, 0.1) is 23.7 Å². The van der Waals surface area contributed by atoms with Gasteiger partial charge in [0, 0.05) is 27.8 Å². The number of imide groups is 1. The number of carbonyl (C=O) groups is 4. The molecular weight excluding hydrogens is 680 g/mol. The molecule has 3 aliphatic carbocycles. The smallest absolute Gasteiger partial charge is 0.508 e. The van der Waals surface area contributed by atoms with Gasteiger partial charge in [-0.1, -0.05) is 78.4 Å². The number of rotatable bonds is 6. The Balaban J connectivity index is 1.36. The quantitative estimate of drug-likeness (QED) is 0.166. The highest BCUT2D eigenvalue weighted by molar-refractivity contribution is 7.09. The maximum absolute atomic E-state index is 15.1. The number of ether oxygens (including phenoxy) is 1. The molecule has 2 amide bonds. The normalized spacial score (nSPS) is 27.4. The molecule has 1 aliphatic heterocycles. The van der Waals surface area contributed by atoms with Gasteiger partial charge in [-0.25, -0.2) is 0 Å². The van der Waals surface area contributed by atoms with Crippen molar-refractivity contribution in [1.29, 1.82) is 0 Å². The largest absolute Gasteiger partial charge is 0.573 e. The molecule has 6 unspecified atom stereocenters. The third-order valence-corrected chi connectivity index (χ3v) is 11.8. The van der Waals surface area contributed by atoms with E-state index < -0.39 is 64.6 Å². The predicted molar refractivity (Wildman–Crippen MR) is 181 cm³/mol. The zero-order valence-corrected chi connectivity index (χ0v) is 27.7. The van der Waals surface area contributed by atoms with Crippen LogP contribution in [0.1, 0.15) is 40.3 Å². The van der Waals surface area contributed by atoms with Gasteiger partial charge in [0.05, 0.1) is 23.8 Å². The van der Waals surface area contributed by atoms with Crippen LogP contribution in [0.25, 0.3) is 5.57 Å². The van der Waals surface area contributed by atoms with Gasteiger partial charge in [0.15, 0.2) is 11.6 Å². The standard InChI is InChI=1S/C40H30F3NO6S/c41-40(42,43)50-24-13-16-32(45)30(18-24)35-26-14-15-27-34(38(49)44(37(27)48)21-25-12-7-17-51-25)29(26)19-31-36(47)28(22-8-3-1-4-9-22)20-33(46)39(31,35)23-10-5-2-6-11-23/h1-14,16-18,20,27,29,31,34-35,45H,15,19,21H2. The fourth-order valence-electron chi connectivity index (χ4n) is 8.96. The lowest BCUT2D eigenvalue weighted by Crippen LogP contribution is -2.58. The lowest BCUT2D eigenvalue weighted by atomic mass is 9.44. The van der Waals surface area contributed by atoms with Gasteiger partial charge in [0.2, 0.25) is 11.8 Å². The number of halogens is 3. The number of alkyl halides is 3. The summed E-state index contributed by atoms with van der Waals surface area (Å²) in [5, 5.41) is 13.3. The topological polar surface area (TPSA) is 101 Å². The maximum Gasteiger partial charge on any atom is 0.573 e. The first kappa shape index (κ1) is 32.9. The maximum atomic E-state index is 15.1. The fraction of sp³-hybridized carbons (Fsp3) is 0.250. The molecule has 1 N–H and O–H groups in total. The van der Waals surface area contributed by atoms with E-state index in [1.54, 1.807) is 66.7 Å². The van der Waals surface area contributed by atoms with Crippen molar-refractivity contribution < 1.29 is 42.2 Å². The molecule has 2 fully saturated rings. The highest BCUT2D eigenvalue weighted by atomic mass is 32.1. The Labute approximate surface area is 294 Å². The van der Waals surface area contributed by atoms with E-state index in [2.05, 4.69) is 4.74 Å². The van der Waals surface area contributed by atoms with Crippen molar-refractivity contribution in [2.24, 2.45) is 23.7 Å². The Morgan fingerprint density at radius 1 is 0.882 bits per heavy atom. The van der Waals surface area contributed by atoms with Crippen LogP contribution in [0.15, 0.2) is 114 Å². The van der Waals surface area contributed by atoms with E-state index in [0.29, 0.717) is 16.7 Å². The first-order valence-electron chi connectivity index (χ1n) is 16.6. The molecule has 258 valence electrons. The molecule has 4 aromatic rings. The lowest BCUT2D eigenvalue weighted by Gasteiger charge is -2.55. The monoisotopic (exact) mass is 709 g/mol. The molecule has 51 heavy (non-hydrogen) atoms. The Bertz CT molecular complexity index is 2130. The van der Waals surface area contributed by atoms with Crippen molar-refractivity contribution in [3.63, 3.8) is 0 Å². The van der Waals surface area contributed by atoms with Crippen LogP contribution in [0.5, 0.6) is 11.5 Å². The van der Waals surface area contributed by atoms with Gasteiger partial charge in [-0.15, -0.1) is 24.5 Å². The molecule has 7 nitrogen and oxygen atoms in total. The van der Waals surface area contributed by atoms with Crippen molar-refractivity contribution in [2.75, 3.05) is 0 Å². The number of aromatic hydroxyl groups is 1. The van der Waals surface area contributed by atoms with Crippen LogP contribution < -0.4 is 4.74 Å². The van der Waals surface area contributed by atoms with Crippen molar-refractivity contribution in [3.05, 3.63) is 136 Å². The summed E-state index contributed by atoms with van der Waals surface area (Å²) in [6.45, 7) is 0.0983. The van der Waals surface area contributed by atoms with Crippen molar-refractivity contribution in [2.45, 2.75) is 37.1 Å². The van der Waals surface area contributed by atoms with E-state index in [1.807, 2.05) is 17.5 Å². The van der Waals surface area contributed by atoms with E-state index in [9.17, 15) is 32.7 Å². The first-order valence-corrected chi connectivity index (χ1v) is 17.4. The zero-order chi connectivity index (χ0) is 35.7. The van der Waals surface area contributed by atoms with E-state index in [4.69, 9.17) is 0 Å². The minimum absolute atomic E-state index is 0.0263. The number of ketones is 2. The molecule has 8 rings (SSSR count). The average Bonchev–Trinajstić information content (AvgIpc) is 3.72. The Hall–Kier alpha value is -5.29. The third-order valence-electron chi connectivity index (χ3n) is 10.9. The first-order chi connectivity index (χ1) is 24.5.